The predicted octanol–water partition coefficient (Wildman–Crippen LogP) is 6.22. The van der Waals surface area contributed by atoms with Gasteiger partial charge in [-0.2, -0.15) is 8.78 Å². The number of benzene rings is 3. The van der Waals surface area contributed by atoms with Crippen LogP contribution in [0, 0.1) is 0 Å². The zero-order chi connectivity index (χ0) is 32.5. The zero-order valence-electron chi connectivity index (χ0n) is 26.5. The lowest BCUT2D eigenvalue weighted by Gasteiger charge is -2.31. The van der Waals surface area contributed by atoms with E-state index in [9.17, 15) is 13.6 Å². The van der Waals surface area contributed by atoms with Gasteiger partial charge in [0, 0.05) is 39.6 Å². The number of aromatic nitrogens is 1. The first-order valence-electron chi connectivity index (χ1n) is 15.1. The van der Waals surface area contributed by atoms with Gasteiger partial charge in [-0.25, -0.2) is 4.99 Å². The number of thiazole rings is 1. The summed E-state index contributed by atoms with van der Waals surface area (Å²) in [7, 11) is 9.44. The molecule has 0 amide bonds. The van der Waals surface area contributed by atoms with Crippen molar-refractivity contribution in [1.29, 1.82) is 0 Å². The van der Waals surface area contributed by atoms with E-state index in [0.29, 0.717) is 14.9 Å². The van der Waals surface area contributed by atoms with E-state index in [1.165, 1.54) is 24.5 Å². The van der Waals surface area contributed by atoms with Gasteiger partial charge in [0.25, 0.3) is 5.56 Å². The maximum atomic E-state index is 14.2. The molecule has 0 spiro atoms. The highest BCUT2D eigenvalue weighted by atomic mass is 32.1. The van der Waals surface area contributed by atoms with E-state index in [4.69, 9.17) is 9.73 Å². The lowest BCUT2D eigenvalue weighted by molar-refractivity contribution is -0.0512. The SMILES string of the molecule is COc1cc(/C=c2\sc3n(c2=O)[C@@H](c2ccc(N(C)C)cc2)C2=C(N=3)/C(=C\c3ccc(N(C)C)cc3)CCC2)ccc1OC(F)F. The number of fused-ring (bicyclic) bond motifs is 1. The second-order valence-corrected chi connectivity index (χ2v) is 12.7. The van der Waals surface area contributed by atoms with E-state index < -0.39 is 6.61 Å². The Labute approximate surface area is 270 Å². The second kappa shape index (κ2) is 13.0. The average Bonchev–Trinajstić information content (AvgIpc) is 3.35. The topological polar surface area (TPSA) is 59.3 Å². The molecule has 1 aliphatic heterocycles. The van der Waals surface area contributed by atoms with Crippen molar-refractivity contribution in [3.8, 4) is 11.5 Å². The van der Waals surface area contributed by atoms with Crippen LogP contribution in [0.3, 0.4) is 0 Å². The van der Waals surface area contributed by atoms with Gasteiger partial charge in [0.1, 0.15) is 0 Å². The van der Waals surface area contributed by atoms with Crippen LogP contribution in [0.4, 0.5) is 20.2 Å². The molecule has 1 atom stereocenters. The van der Waals surface area contributed by atoms with Gasteiger partial charge in [0.05, 0.1) is 23.4 Å². The van der Waals surface area contributed by atoms with Crippen LogP contribution in [0.1, 0.15) is 42.0 Å². The van der Waals surface area contributed by atoms with Crippen molar-refractivity contribution in [1.82, 2.24) is 4.57 Å². The van der Waals surface area contributed by atoms with E-state index in [2.05, 4.69) is 69.1 Å². The summed E-state index contributed by atoms with van der Waals surface area (Å²) in [6.45, 7) is -2.97. The highest BCUT2D eigenvalue weighted by Gasteiger charge is 2.32. The molecule has 0 bridgehead atoms. The number of allylic oxidation sites excluding steroid dienone is 2. The maximum Gasteiger partial charge on any atom is 0.387 e. The van der Waals surface area contributed by atoms with Crippen molar-refractivity contribution in [2.24, 2.45) is 4.99 Å². The third-order valence-corrected chi connectivity index (χ3v) is 9.29. The van der Waals surface area contributed by atoms with Crippen LogP contribution in [0.15, 0.2) is 93.4 Å². The second-order valence-electron chi connectivity index (χ2n) is 11.7. The molecule has 46 heavy (non-hydrogen) atoms. The first-order valence-corrected chi connectivity index (χ1v) is 15.9. The number of rotatable bonds is 8. The molecule has 0 saturated carbocycles. The van der Waals surface area contributed by atoms with Gasteiger partial charge in [-0.1, -0.05) is 41.7 Å². The number of hydrogen-bond acceptors (Lipinski definition) is 7. The van der Waals surface area contributed by atoms with Crippen molar-refractivity contribution in [3.05, 3.63) is 120 Å². The van der Waals surface area contributed by atoms with Crippen LogP contribution in [-0.2, 0) is 0 Å². The monoisotopic (exact) mass is 642 g/mol. The summed E-state index contributed by atoms with van der Waals surface area (Å²) in [5, 5.41) is 0. The van der Waals surface area contributed by atoms with Crippen LogP contribution in [0.25, 0.3) is 12.2 Å². The molecule has 3 aromatic carbocycles. The maximum absolute atomic E-state index is 14.2. The normalized spacial score (nSPS) is 17.1. The highest BCUT2D eigenvalue weighted by Crippen LogP contribution is 2.41. The number of halogens is 2. The van der Waals surface area contributed by atoms with E-state index in [-0.39, 0.29) is 23.1 Å². The number of alkyl halides is 2. The summed E-state index contributed by atoms with van der Waals surface area (Å²) in [5.74, 6) is 0.0881. The molecular formula is C36H36F2N4O3S. The smallest absolute Gasteiger partial charge is 0.387 e. The Morgan fingerprint density at radius 1 is 0.891 bits per heavy atom. The molecule has 2 aliphatic rings. The number of methoxy groups -OCH3 is 1. The molecule has 238 valence electrons. The Balaban J connectivity index is 1.50. The third kappa shape index (κ3) is 6.22. The minimum atomic E-state index is -2.97. The van der Waals surface area contributed by atoms with Crippen molar-refractivity contribution in [3.63, 3.8) is 0 Å². The first kappa shape index (κ1) is 31.3. The summed E-state index contributed by atoms with van der Waals surface area (Å²) in [6, 6.07) is 21.1. The Bertz CT molecular complexity index is 1990. The van der Waals surface area contributed by atoms with Crippen molar-refractivity contribution >= 4 is 34.9 Å². The van der Waals surface area contributed by atoms with Crippen LogP contribution in [-0.4, -0.2) is 46.5 Å². The largest absolute Gasteiger partial charge is 0.493 e. The summed E-state index contributed by atoms with van der Waals surface area (Å²) < 4.78 is 37.9. The molecule has 6 rings (SSSR count). The molecule has 10 heteroatoms. The Morgan fingerprint density at radius 2 is 1.54 bits per heavy atom. The van der Waals surface area contributed by atoms with Crippen LogP contribution < -0.4 is 34.2 Å². The standard InChI is InChI=1S/C36H36F2N4O3S/c1-40(2)26-14-9-22(10-15-26)19-25-7-6-8-28-32(25)39-36-42(33(28)24-12-16-27(17-13-24)41(3)4)34(43)31(46-36)21-23-11-18-29(45-35(37)38)30(20-23)44-5/h9-21,33,35H,6-8H2,1-5H3/b25-19-,31-21-/t33-/m0/s1. The van der Waals surface area contributed by atoms with Crippen molar-refractivity contribution in [2.45, 2.75) is 31.9 Å². The van der Waals surface area contributed by atoms with Crippen molar-refractivity contribution < 1.29 is 18.3 Å². The van der Waals surface area contributed by atoms with Gasteiger partial charge >= 0.3 is 6.61 Å². The molecule has 0 saturated heterocycles. The Hall–Kier alpha value is -4.70. The summed E-state index contributed by atoms with van der Waals surface area (Å²) in [5.41, 5.74) is 8.05. The quantitative estimate of drug-likeness (QED) is 0.228. The lowest BCUT2D eigenvalue weighted by Crippen LogP contribution is -2.39. The van der Waals surface area contributed by atoms with E-state index >= 15 is 0 Å². The molecule has 0 N–H and O–H groups in total. The Morgan fingerprint density at radius 3 is 2.17 bits per heavy atom. The van der Waals surface area contributed by atoms with Gasteiger partial charge in [-0.3, -0.25) is 9.36 Å². The molecule has 1 aromatic heterocycles. The van der Waals surface area contributed by atoms with E-state index in [1.54, 1.807) is 22.8 Å². The van der Waals surface area contributed by atoms with Crippen LogP contribution in [0.5, 0.6) is 11.5 Å². The van der Waals surface area contributed by atoms with Crippen LogP contribution in [0.2, 0.25) is 0 Å². The fourth-order valence-electron chi connectivity index (χ4n) is 6.00. The first-order chi connectivity index (χ1) is 22.1. The molecule has 0 fully saturated rings. The van der Waals surface area contributed by atoms with E-state index in [0.717, 1.165) is 58.6 Å². The predicted molar refractivity (Wildman–Crippen MR) is 181 cm³/mol. The number of hydrogen-bond donors (Lipinski definition) is 0. The summed E-state index contributed by atoms with van der Waals surface area (Å²) in [6.07, 6.45) is 6.65. The third-order valence-electron chi connectivity index (χ3n) is 8.31. The Kier molecular flexibility index (Phi) is 8.82. The molecule has 7 nitrogen and oxygen atoms in total. The summed E-state index contributed by atoms with van der Waals surface area (Å²) >= 11 is 1.32. The number of nitrogens with zero attached hydrogens (tertiary/aromatic N) is 4. The highest BCUT2D eigenvalue weighted by molar-refractivity contribution is 7.07. The fourth-order valence-corrected chi connectivity index (χ4v) is 7.00. The summed E-state index contributed by atoms with van der Waals surface area (Å²) in [4.78, 5) is 24.0. The molecule has 2 heterocycles. The zero-order valence-corrected chi connectivity index (χ0v) is 27.3. The molecule has 0 unspecified atom stereocenters. The van der Waals surface area contributed by atoms with Crippen molar-refractivity contribution in [2.75, 3.05) is 45.1 Å². The number of ether oxygens (including phenoxy) is 2. The van der Waals surface area contributed by atoms with E-state index in [1.807, 2.05) is 28.2 Å². The minimum Gasteiger partial charge on any atom is -0.493 e. The van der Waals surface area contributed by atoms with Gasteiger partial charge in [0.15, 0.2) is 16.3 Å². The van der Waals surface area contributed by atoms with Gasteiger partial charge in [-0.15, -0.1) is 0 Å². The van der Waals surface area contributed by atoms with Gasteiger partial charge in [0.2, 0.25) is 0 Å². The molecule has 4 aromatic rings. The molecular weight excluding hydrogens is 606 g/mol. The molecule has 1 aliphatic carbocycles. The number of anilines is 2. The van der Waals surface area contributed by atoms with Gasteiger partial charge < -0.3 is 19.3 Å². The molecule has 0 radical (unpaired) electrons. The lowest BCUT2D eigenvalue weighted by atomic mass is 9.83. The fraction of sp³-hybridized carbons (Fsp3) is 0.278. The van der Waals surface area contributed by atoms with Gasteiger partial charge in [-0.05, 0) is 95.6 Å². The minimum absolute atomic E-state index is 0.0689. The van der Waals surface area contributed by atoms with Crippen LogP contribution >= 0.6 is 11.3 Å². The average molecular weight is 643 g/mol.